The fraction of sp³-hybridized carbons (Fsp3) is 0.156. The Labute approximate surface area is 233 Å². The summed E-state index contributed by atoms with van der Waals surface area (Å²) in [7, 11) is 0. The second-order valence-corrected chi connectivity index (χ2v) is 10.1. The van der Waals surface area contributed by atoms with Crippen LogP contribution in [-0.2, 0) is 0 Å². The summed E-state index contributed by atoms with van der Waals surface area (Å²) < 4.78 is 8.28. The minimum atomic E-state index is -0.125. The molecule has 0 saturated carbocycles. The van der Waals surface area contributed by atoms with Crippen molar-refractivity contribution >= 4 is 23.0 Å². The molecule has 39 heavy (non-hydrogen) atoms. The standard InChI is InChI=1S/C32H29N5OS/c1-21-10-14-25(15-11-21)38-26-16-12-24(13-17-26)37-31(30(35-32(37)39)28-8-4-6-18-33-28)27-20-22(2)36(23(27)3)29-9-5-7-19-34-29/h4-20,30-31H,1-3H3,(H,35,39)/t30-,31-/m0/s1. The van der Waals surface area contributed by atoms with E-state index in [9.17, 15) is 0 Å². The molecule has 6 rings (SSSR count). The Balaban J connectivity index is 1.40. The molecule has 4 heterocycles. The Morgan fingerprint density at radius 1 is 0.795 bits per heavy atom. The predicted molar refractivity (Wildman–Crippen MR) is 159 cm³/mol. The molecule has 1 fully saturated rings. The molecule has 0 amide bonds. The summed E-state index contributed by atoms with van der Waals surface area (Å²) in [5, 5.41) is 4.22. The molecule has 7 heteroatoms. The van der Waals surface area contributed by atoms with Crippen LogP contribution in [0.5, 0.6) is 11.5 Å². The maximum absolute atomic E-state index is 6.08. The normalized spacial score (nSPS) is 16.8. The summed E-state index contributed by atoms with van der Waals surface area (Å²) >= 11 is 5.94. The maximum atomic E-state index is 6.08. The zero-order chi connectivity index (χ0) is 26.9. The number of nitrogens with zero attached hydrogens (tertiary/aromatic N) is 4. The number of benzene rings is 2. The van der Waals surface area contributed by atoms with Crippen LogP contribution in [-0.4, -0.2) is 19.6 Å². The van der Waals surface area contributed by atoms with Crippen LogP contribution in [0.2, 0.25) is 0 Å². The molecule has 1 aliphatic heterocycles. The average molecular weight is 532 g/mol. The molecule has 5 aromatic rings. The highest BCUT2D eigenvalue weighted by Gasteiger charge is 2.42. The van der Waals surface area contributed by atoms with Crippen molar-refractivity contribution in [3.8, 4) is 17.3 Å². The van der Waals surface area contributed by atoms with Gasteiger partial charge in [0.1, 0.15) is 17.3 Å². The van der Waals surface area contributed by atoms with Gasteiger partial charge in [0.15, 0.2) is 5.11 Å². The first-order chi connectivity index (χ1) is 19.0. The van der Waals surface area contributed by atoms with Crippen LogP contribution in [0.1, 0.15) is 40.3 Å². The second kappa shape index (κ2) is 10.3. The Bertz CT molecular complexity index is 1600. The Kier molecular flexibility index (Phi) is 6.59. The molecule has 2 aromatic carbocycles. The van der Waals surface area contributed by atoms with Crippen molar-refractivity contribution in [3.63, 3.8) is 0 Å². The summed E-state index contributed by atoms with van der Waals surface area (Å²) in [6.07, 6.45) is 3.65. The Morgan fingerprint density at radius 2 is 1.46 bits per heavy atom. The molecule has 1 saturated heterocycles. The Morgan fingerprint density at radius 3 is 2.10 bits per heavy atom. The third kappa shape index (κ3) is 4.77. The zero-order valence-electron chi connectivity index (χ0n) is 22.1. The van der Waals surface area contributed by atoms with E-state index in [1.54, 1.807) is 0 Å². The number of aryl methyl sites for hydroxylation is 2. The summed E-state index contributed by atoms with van der Waals surface area (Å²) in [6.45, 7) is 6.32. The molecule has 194 valence electrons. The van der Waals surface area contributed by atoms with Gasteiger partial charge in [0.05, 0.1) is 17.8 Å². The van der Waals surface area contributed by atoms with Gasteiger partial charge in [-0.3, -0.25) is 4.98 Å². The number of ether oxygens (including phenoxy) is 1. The van der Waals surface area contributed by atoms with Crippen LogP contribution >= 0.6 is 12.2 Å². The van der Waals surface area contributed by atoms with E-state index in [-0.39, 0.29) is 12.1 Å². The monoisotopic (exact) mass is 531 g/mol. The predicted octanol–water partition coefficient (Wildman–Crippen LogP) is 7.16. The molecular formula is C32H29N5OS. The molecule has 0 radical (unpaired) electrons. The van der Waals surface area contributed by atoms with E-state index in [2.05, 4.69) is 58.7 Å². The van der Waals surface area contributed by atoms with Crippen molar-refractivity contribution in [2.75, 3.05) is 4.90 Å². The molecule has 0 unspecified atom stereocenters. The quantitative estimate of drug-likeness (QED) is 0.235. The van der Waals surface area contributed by atoms with E-state index in [1.807, 2.05) is 85.2 Å². The first-order valence-corrected chi connectivity index (χ1v) is 13.4. The third-order valence-corrected chi connectivity index (χ3v) is 7.45. The summed E-state index contributed by atoms with van der Waals surface area (Å²) in [5.74, 6) is 2.47. The minimum Gasteiger partial charge on any atom is -0.457 e. The van der Waals surface area contributed by atoms with Crippen molar-refractivity contribution in [2.45, 2.75) is 32.9 Å². The molecule has 1 N–H and O–H groups in total. The van der Waals surface area contributed by atoms with Crippen molar-refractivity contribution < 1.29 is 4.74 Å². The number of hydrogen-bond acceptors (Lipinski definition) is 4. The lowest BCUT2D eigenvalue weighted by molar-refractivity contribution is 0.482. The maximum Gasteiger partial charge on any atom is 0.174 e. The van der Waals surface area contributed by atoms with Crippen molar-refractivity contribution in [1.82, 2.24) is 19.9 Å². The number of aromatic nitrogens is 3. The van der Waals surface area contributed by atoms with E-state index in [0.29, 0.717) is 5.11 Å². The second-order valence-electron chi connectivity index (χ2n) is 9.76. The van der Waals surface area contributed by atoms with Gasteiger partial charge >= 0.3 is 0 Å². The van der Waals surface area contributed by atoms with Gasteiger partial charge in [0, 0.05) is 29.5 Å². The van der Waals surface area contributed by atoms with Crippen LogP contribution in [0.15, 0.2) is 103 Å². The van der Waals surface area contributed by atoms with Gasteiger partial charge in [0.25, 0.3) is 0 Å². The average Bonchev–Trinajstić information content (AvgIpc) is 3.46. The summed E-state index contributed by atoms with van der Waals surface area (Å²) in [6, 6.07) is 30.1. The van der Waals surface area contributed by atoms with Gasteiger partial charge < -0.3 is 19.5 Å². The summed E-state index contributed by atoms with van der Waals surface area (Å²) in [4.78, 5) is 11.5. The van der Waals surface area contributed by atoms with E-state index >= 15 is 0 Å². The molecule has 1 aliphatic rings. The van der Waals surface area contributed by atoms with E-state index in [1.165, 1.54) is 11.1 Å². The van der Waals surface area contributed by atoms with E-state index in [0.717, 1.165) is 40.1 Å². The van der Waals surface area contributed by atoms with E-state index < -0.39 is 0 Å². The fourth-order valence-corrected chi connectivity index (χ4v) is 5.64. The Hall–Kier alpha value is -4.49. The minimum absolute atomic E-state index is 0.111. The van der Waals surface area contributed by atoms with Crippen LogP contribution in [0.3, 0.4) is 0 Å². The van der Waals surface area contributed by atoms with Crippen LogP contribution in [0.4, 0.5) is 5.69 Å². The highest BCUT2D eigenvalue weighted by molar-refractivity contribution is 7.80. The largest absolute Gasteiger partial charge is 0.457 e. The SMILES string of the molecule is Cc1ccc(Oc2ccc(N3C(=S)N[C@@H](c4ccccn4)[C@@H]3c3cc(C)n(-c4ccccn4)c3C)cc2)cc1. The van der Waals surface area contributed by atoms with Gasteiger partial charge in [-0.25, -0.2) is 4.98 Å². The molecule has 2 atom stereocenters. The van der Waals surface area contributed by atoms with E-state index in [4.69, 9.17) is 21.9 Å². The molecule has 0 bridgehead atoms. The number of rotatable bonds is 6. The van der Waals surface area contributed by atoms with Gasteiger partial charge in [-0.15, -0.1) is 0 Å². The highest BCUT2D eigenvalue weighted by atomic mass is 32.1. The first kappa shape index (κ1) is 24.8. The highest BCUT2D eigenvalue weighted by Crippen LogP contribution is 2.44. The topological polar surface area (TPSA) is 55.2 Å². The summed E-state index contributed by atoms with van der Waals surface area (Å²) in [5.41, 5.74) is 6.52. The van der Waals surface area contributed by atoms with Gasteiger partial charge in [-0.2, -0.15) is 0 Å². The molecule has 0 aliphatic carbocycles. The van der Waals surface area contributed by atoms with Gasteiger partial charge in [-0.1, -0.05) is 29.8 Å². The number of hydrogen-bond donors (Lipinski definition) is 1. The number of nitrogens with one attached hydrogen (secondary N) is 1. The fourth-order valence-electron chi connectivity index (χ4n) is 5.29. The lowest BCUT2D eigenvalue weighted by atomic mass is 9.96. The van der Waals surface area contributed by atoms with Gasteiger partial charge in [-0.05, 0) is 105 Å². The number of thiocarbonyl (C=S) groups is 1. The smallest absolute Gasteiger partial charge is 0.174 e. The van der Waals surface area contributed by atoms with Crippen molar-refractivity contribution in [2.24, 2.45) is 0 Å². The first-order valence-electron chi connectivity index (χ1n) is 12.9. The lowest BCUT2D eigenvalue weighted by Gasteiger charge is -2.28. The number of anilines is 1. The number of pyridine rings is 2. The van der Waals surface area contributed by atoms with Gasteiger partial charge in [0.2, 0.25) is 0 Å². The zero-order valence-corrected chi connectivity index (χ0v) is 22.9. The molecule has 6 nitrogen and oxygen atoms in total. The molecule has 3 aromatic heterocycles. The van der Waals surface area contributed by atoms with Crippen LogP contribution < -0.4 is 15.0 Å². The van der Waals surface area contributed by atoms with Crippen molar-refractivity contribution in [3.05, 3.63) is 132 Å². The molecular weight excluding hydrogens is 502 g/mol. The van der Waals surface area contributed by atoms with Crippen LogP contribution in [0, 0.1) is 20.8 Å². The molecule has 0 spiro atoms. The van der Waals surface area contributed by atoms with Crippen LogP contribution in [0.25, 0.3) is 5.82 Å². The van der Waals surface area contributed by atoms with Crippen molar-refractivity contribution in [1.29, 1.82) is 0 Å². The third-order valence-electron chi connectivity index (χ3n) is 7.14. The lowest BCUT2D eigenvalue weighted by Crippen LogP contribution is -2.29.